The van der Waals surface area contributed by atoms with Crippen LogP contribution in [0.4, 0.5) is 0 Å². The van der Waals surface area contributed by atoms with Crippen LogP contribution in [0, 0.1) is 12.8 Å². The van der Waals surface area contributed by atoms with Crippen LogP contribution in [0.15, 0.2) is 0 Å². The Morgan fingerprint density at radius 1 is 1.41 bits per heavy atom. The molecule has 1 unspecified atom stereocenters. The molecule has 7 nitrogen and oxygen atoms in total. The predicted molar refractivity (Wildman–Crippen MR) is 59.5 cm³/mol. The molecule has 0 aliphatic carbocycles. The number of nitrogens with one attached hydrogen (secondary N) is 2. The summed E-state index contributed by atoms with van der Waals surface area (Å²) in [6.45, 7) is 5.35. The lowest BCUT2D eigenvalue weighted by atomic mass is 10.0. The van der Waals surface area contributed by atoms with Crippen LogP contribution in [0.2, 0.25) is 0 Å². The fourth-order valence-corrected chi connectivity index (χ4v) is 1.38. The monoisotopic (exact) mass is 240 g/mol. The minimum absolute atomic E-state index is 0.0299. The molecule has 1 aromatic heterocycles. The molecule has 1 atom stereocenters. The standard InChI is InChI=1S/C10H16N4O3/c1-5(2)7(4-8(15)16)11-10(17)9-6(3)12-14-13-9/h5,7H,4H2,1-3H3,(H,11,17)(H,15,16)(H,12,13,14). The number of carboxylic acid groups (broad SMARTS) is 1. The van der Waals surface area contributed by atoms with Crippen molar-refractivity contribution >= 4 is 11.9 Å². The Hall–Kier alpha value is -1.92. The van der Waals surface area contributed by atoms with Crippen molar-refractivity contribution in [3.8, 4) is 0 Å². The highest BCUT2D eigenvalue weighted by Crippen LogP contribution is 2.08. The number of aryl methyl sites for hydroxylation is 1. The van der Waals surface area contributed by atoms with Crippen LogP contribution < -0.4 is 5.32 Å². The van der Waals surface area contributed by atoms with Crippen molar-refractivity contribution in [3.05, 3.63) is 11.4 Å². The van der Waals surface area contributed by atoms with Crippen molar-refractivity contribution in [1.29, 1.82) is 0 Å². The average Bonchev–Trinajstić information content (AvgIpc) is 2.62. The molecule has 0 spiro atoms. The van der Waals surface area contributed by atoms with Gasteiger partial charge >= 0.3 is 5.97 Å². The molecule has 94 valence electrons. The second kappa shape index (κ2) is 5.42. The number of aromatic amines is 1. The van der Waals surface area contributed by atoms with Crippen LogP contribution in [-0.4, -0.2) is 38.4 Å². The fourth-order valence-electron chi connectivity index (χ4n) is 1.38. The first kappa shape index (κ1) is 13.1. The Labute approximate surface area is 98.6 Å². The quantitative estimate of drug-likeness (QED) is 0.687. The van der Waals surface area contributed by atoms with Gasteiger partial charge in [0.1, 0.15) is 0 Å². The molecule has 0 aromatic carbocycles. The Kier molecular flexibility index (Phi) is 4.19. The summed E-state index contributed by atoms with van der Waals surface area (Å²) in [5.41, 5.74) is 0.682. The second-order valence-electron chi connectivity index (χ2n) is 4.18. The molecule has 3 N–H and O–H groups in total. The molecule has 0 aliphatic heterocycles. The third kappa shape index (κ3) is 3.54. The van der Waals surface area contributed by atoms with Gasteiger partial charge in [-0.05, 0) is 12.8 Å². The van der Waals surface area contributed by atoms with Gasteiger partial charge in [0, 0.05) is 6.04 Å². The first-order valence-corrected chi connectivity index (χ1v) is 5.31. The van der Waals surface area contributed by atoms with E-state index in [4.69, 9.17) is 5.11 Å². The molecule has 0 aliphatic rings. The number of carbonyl (C=O) groups is 2. The highest BCUT2D eigenvalue weighted by molar-refractivity contribution is 5.93. The normalized spacial score (nSPS) is 12.5. The summed E-state index contributed by atoms with van der Waals surface area (Å²) in [5, 5.41) is 21.2. The highest BCUT2D eigenvalue weighted by atomic mass is 16.4. The van der Waals surface area contributed by atoms with E-state index in [2.05, 4.69) is 20.7 Å². The molecular weight excluding hydrogens is 224 g/mol. The van der Waals surface area contributed by atoms with E-state index in [1.54, 1.807) is 6.92 Å². The SMILES string of the molecule is Cc1n[nH]nc1C(=O)NC(CC(=O)O)C(C)C. The van der Waals surface area contributed by atoms with Gasteiger partial charge in [-0.15, -0.1) is 0 Å². The van der Waals surface area contributed by atoms with E-state index in [-0.39, 0.29) is 18.0 Å². The number of rotatable bonds is 5. The van der Waals surface area contributed by atoms with Gasteiger partial charge in [0.05, 0.1) is 12.1 Å². The van der Waals surface area contributed by atoms with E-state index < -0.39 is 17.9 Å². The molecule has 0 bridgehead atoms. The van der Waals surface area contributed by atoms with Crippen molar-refractivity contribution in [2.24, 2.45) is 5.92 Å². The molecule has 1 rings (SSSR count). The number of hydrogen-bond acceptors (Lipinski definition) is 4. The lowest BCUT2D eigenvalue weighted by molar-refractivity contribution is -0.137. The summed E-state index contributed by atoms with van der Waals surface area (Å²) < 4.78 is 0. The van der Waals surface area contributed by atoms with Gasteiger partial charge in [-0.25, -0.2) is 0 Å². The van der Waals surface area contributed by atoms with Crippen molar-refractivity contribution in [2.75, 3.05) is 0 Å². The number of nitrogens with zero attached hydrogens (tertiary/aromatic N) is 2. The van der Waals surface area contributed by atoms with Gasteiger partial charge in [0.15, 0.2) is 5.69 Å². The number of carbonyl (C=O) groups excluding carboxylic acids is 1. The fraction of sp³-hybridized carbons (Fsp3) is 0.600. The number of hydrogen-bond donors (Lipinski definition) is 3. The van der Waals surface area contributed by atoms with Gasteiger partial charge in [-0.2, -0.15) is 15.4 Å². The van der Waals surface area contributed by atoms with E-state index >= 15 is 0 Å². The average molecular weight is 240 g/mol. The van der Waals surface area contributed by atoms with Gasteiger partial charge < -0.3 is 10.4 Å². The van der Waals surface area contributed by atoms with Crippen LogP contribution in [0.3, 0.4) is 0 Å². The zero-order valence-electron chi connectivity index (χ0n) is 10.0. The zero-order valence-corrected chi connectivity index (χ0v) is 10.0. The van der Waals surface area contributed by atoms with Crippen LogP contribution in [0.5, 0.6) is 0 Å². The summed E-state index contributed by atoms with van der Waals surface area (Å²) in [6, 6.07) is -0.420. The molecule has 0 saturated carbocycles. The van der Waals surface area contributed by atoms with Gasteiger partial charge in [-0.1, -0.05) is 13.8 Å². The van der Waals surface area contributed by atoms with Gasteiger partial charge in [-0.3, -0.25) is 9.59 Å². The Morgan fingerprint density at radius 3 is 2.47 bits per heavy atom. The maximum atomic E-state index is 11.8. The molecule has 7 heteroatoms. The first-order chi connectivity index (χ1) is 7.91. The van der Waals surface area contributed by atoms with E-state index in [0.717, 1.165) is 0 Å². The van der Waals surface area contributed by atoms with E-state index in [0.29, 0.717) is 5.69 Å². The summed E-state index contributed by atoms with van der Waals surface area (Å²) in [5.74, 6) is -1.32. The lowest BCUT2D eigenvalue weighted by Gasteiger charge is -2.19. The van der Waals surface area contributed by atoms with Crippen LogP contribution in [0.25, 0.3) is 0 Å². The zero-order chi connectivity index (χ0) is 13.0. The van der Waals surface area contributed by atoms with Gasteiger partial charge in [0.2, 0.25) is 0 Å². The summed E-state index contributed by atoms with van der Waals surface area (Å²) in [6.07, 6.45) is -0.111. The molecule has 0 saturated heterocycles. The Balaban J connectivity index is 2.71. The minimum Gasteiger partial charge on any atom is -0.481 e. The second-order valence-corrected chi connectivity index (χ2v) is 4.18. The first-order valence-electron chi connectivity index (χ1n) is 5.31. The lowest BCUT2D eigenvalue weighted by Crippen LogP contribution is -2.40. The molecule has 17 heavy (non-hydrogen) atoms. The molecule has 0 fully saturated rings. The summed E-state index contributed by atoms with van der Waals surface area (Å²) >= 11 is 0. The van der Waals surface area contributed by atoms with E-state index in [1.165, 1.54) is 0 Å². The number of amides is 1. The molecule has 1 amide bonds. The number of aromatic nitrogens is 3. The molecule has 1 heterocycles. The Bertz CT molecular complexity index is 413. The minimum atomic E-state index is -0.944. The van der Waals surface area contributed by atoms with Crippen molar-refractivity contribution < 1.29 is 14.7 Å². The molecule has 0 radical (unpaired) electrons. The summed E-state index contributed by atoms with van der Waals surface area (Å²) in [7, 11) is 0. The number of carboxylic acids is 1. The van der Waals surface area contributed by atoms with Gasteiger partial charge in [0.25, 0.3) is 5.91 Å². The third-order valence-electron chi connectivity index (χ3n) is 2.45. The maximum Gasteiger partial charge on any atom is 0.305 e. The van der Waals surface area contributed by atoms with Crippen molar-refractivity contribution in [3.63, 3.8) is 0 Å². The van der Waals surface area contributed by atoms with E-state index in [1.807, 2.05) is 13.8 Å². The molecular formula is C10H16N4O3. The maximum absolute atomic E-state index is 11.8. The summed E-state index contributed by atoms with van der Waals surface area (Å²) in [4.78, 5) is 22.5. The number of H-pyrrole nitrogens is 1. The largest absolute Gasteiger partial charge is 0.481 e. The highest BCUT2D eigenvalue weighted by Gasteiger charge is 2.22. The van der Waals surface area contributed by atoms with Crippen LogP contribution in [-0.2, 0) is 4.79 Å². The molecule has 1 aromatic rings. The number of aliphatic carboxylic acids is 1. The Morgan fingerprint density at radius 2 is 2.06 bits per heavy atom. The van der Waals surface area contributed by atoms with Crippen LogP contribution >= 0.6 is 0 Å². The topological polar surface area (TPSA) is 108 Å². The van der Waals surface area contributed by atoms with Crippen molar-refractivity contribution in [2.45, 2.75) is 33.2 Å². The third-order valence-corrected chi connectivity index (χ3v) is 2.45. The van der Waals surface area contributed by atoms with E-state index in [9.17, 15) is 9.59 Å². The van der Waals surface area contributed by atoms with Crippen LogP contribution in [0.1, 0.15) is 36.5 Å². The predicted octanol–water partition coefficient (Wildman–Crippen LogP) is 0.342. The van der Waals surface area contributed by atoms with Crippen molar-refractivity contribution in [1.82, 2.24) is 20.7 Å². The smallest absolute Gasteiger partial charge is 0.305 e.